The molecular formula is C22H26N10O13P2. The van der Waals surface area contributed by atoms with E-state index < -0.39 is 83.4 Å². The molecule has 10 N–H and O–H groups in total. The third-order valence-corrected chi connectivity index (χ3v) is 8.86. The van der Waals surface area contributed by atoms with Crippen molar-refractivity contribution in [2.24, 2.45) is 0 Å². The van der Waals surface area contributed by atoms with Crippen molar-refractivity contribution in [3.8, 4) is 12.3 Å². The second kappa shape index (κ2) is 12.3. The molecule has 25 heteroatoms. The van der Waals surface area contributed by atoms with Crippen LogP contribution in [-0.2, 0) is 32.2 Å². The number of phosphoric ester groups is 1. The molecule has 0 saturated carbocycles. The predicted octanol–water partition coefficient (Wildman–Crippen LogP) is -3.09. The normalized spacial score (nSPS) is 31.3. The number of ether oxygens (including phenoxy) is 2. The Labute approximate surface area is 261 Å². The van der Waals surface area contributed by atoms with Gasteiger partial charge in [0.2, 0.25) is 5.95 Å². The van der Waals surface area contributed by atoms with Crippen molar-refractivity contribution >= 4 is 50.2 Å². The topological polar surface area (TPSA) is 341 Å². The number of nitrogens with zero attached hydrogens (tertiary/aromatic N) is 7. The third-order valence-electron chi connectivity index (χ3n) is 7.44. The number of hydrogen-bond acceptors (Lipinski definition) is 18. The van der Waals surface area contributed by atoms with Gasteiger partial charge >= 0.3 is 16.1 Å². The quantitative estimate of drug-likeness (QED) is 0.0600. The van der Waals surface area contributed by atoms with Crippen LogP contribution in [0, 0.1) is 12.3 Å². The zero-order valence-corrected chi connectivity index (χ0v) is 25.4. The van der Waals surface area contributed by atoms with Crippen molar-refractivity contribution in [3.63, 3.8) is 0 Å². The maximum Gasteiger partial charge on any atom is 0.472 e. The van der Waals surface area contributed by atoms with Gasteiger partial charge in [-0.05, 0) is 0 Å². The van der Waals surface area contributed by atoms with E-state index in [4.69, 9.17) is 40.9 Å². The number of aliphatic hydroxyl groups excluding tert-OH is 3. The van der Waals surface area contributed by atoms with Gasteiger partial charge in [-0.25, -0.2) is 24.5 Å². The van der Waals surface area contributed by atoms with E-state index in [-0.39, 0.29) is 34.1 Å². The van der Waals surface area contributed by atoms with Gasteiger partial charge in [0.05, 0.1) is 19.3 Å². The number of aliphatic hydroxyl groups is 3. The number of phosphoric acid groups is 1. The molecule has 10 atom stereocenters. The van der Waals surface area contributed by atoms with Gasteiger partial charge in [-0.3, -0.25) is 32.5 Å². The number of aromatic amines is 1. The van der Waals surface area contributed by atoms with E-state index in [2.05, 4.69) is 35.8 Å². The molecule has 252 valence electrons. The predicted molar refractivity (Wildman–Crippen MR) is 154 cm³/mol. The largest absolute Gasteiger partial charge is 0.472 e. The highest BCUT2D eigenvalue weighted by Gasteiger charge is 2.58. The smallest absolute Gasteiger partial charge is 0.394 e. The van der Waals surface area contributed by atoms with Crippen LogP contribution in [-0.4, -0.2) is 113 Å². The lowest BCUT2D eigenvalue weighted by Crippen LogP contribution is -2.46. The number of nitrogens with two attached hydrogens (primary N) is 2. The molecule has 0 radical (unpaired) electrons. The van der Waals surface area contributed by atoms with Crippen LogP contribution >= 0.6 is 16.1 Å². The molecule has 23 nitrogen and oxygen atoms in total. The number of hydrogen-bond donors (Lipinski definition) is 8. The SMILES string of the molecule is C#C[C@]1(COP(=O)(O)OC2C(O)[C@@H](CO)O[C@H]2n2cnc3c(=O)[nH]c(N)nc32)O[C@@H](n2cnc3c(N)ncnc32)C(O)C1O[PH](=O)O. The van der Waals surface area contributed by atoms with Crippen LogP contribution in [0.3, 0.4) is 0 Å². The summed E-state index contributed by atoms with van der Waals surface area (Å²) in [6.45, 7) is -1.85. The van der Waals surface area contributed by atoms with Crippen LogP contribution in [0.25, 0.3) is 22.3 Å². The van der Waals surface area contributed by atoms with Gasteiger partial charge in [-0.15, -0.1) is 6.42 Å². The van der Waals surface area contributed by atoms with E-state index in [0.717, 1.165) is 17.2 Å². The lowest BCUT2D eigenvalue weighted by atomic mass is 9.97. The minimum absolute atomic E-state index is 0.00562. The minimum atomic E-state index is -5.32. The van der Waals surface area contributed by atoms with Gasteiger partial charge in [0.1, 0.15) is 49.0 Å². The fourth-order valence-electron chi connectivity index (χ4n) is 5.30. The Morgan fingerprint density at radius 1 is 1.13 bits per heavy atom. The second-order valence-electron chi connectivity index (χ2n) is 10.2. The van der Waals surface area contributed by atoms with Crippen molar-refractivity contribution in [3.05, 3.63) is 29.3 Å². The molecule has 6 rings (SSSR count). The first-order valence-corrected chi connectivity index (χ1v) is 16.0. The fourth-order valence-corrected chi connectivity index (χ4v) is 6.80. The zero-order valence-electron chi connectivity index (χ0n) is 23.5. The highest BCUT2D eigenvalue weighted by Crippen LogP contribution is 2.52. The summed E-state index contributed by atoms with van der Waals surface area (Å²) in [5.41, 5.74) is 8.30. The molecule has 0 bridgehead atoms. The lowest BCUT2D eigenvalue weighted by Gasteiger charge is -2.30. The molecule has 2 saturated heterocycles. The standard InChI is InChI=1S/C22H26N10O13P2/c1-2-22(14(44-46(37)38)12(35)19(43-22)31-6-27-9-15(23)25-5-26-16(9)31)4-41-47(39,40)45-13-11(34)8(3-33)42-20(13)32-7-28-10-17(32)29-21(24)30-18(10)36/h1,5-8,11-14,19-20,33-35,46H,3-4H2,(H,37,38)(H,39,40)(H2,23,25,26)(H3,24,29,30,36)/t8-,11?,12?,13?,14?,19-,20-,22-/m1/s1. The Bertz CT molecular complexity index is 2000. The molecule has 47 heavy (non-hydrogen) atoms. The number of aromatic nitrogens is 8. The average molecular weight is 700 g/mol. The van der Waals surface area contributed by atoms with Gasteiger partial charge < -0.3 is 50.6 Å². The first-order valence-electron chi connectivity index (χ1n) is 13.3. The van der Waals surface area contributed by atoms with Crippen LogP contribution in [0.15, 0.2) is 23.8 Å². The Kier molecular flexibility index (Phi) is 8.64. The van der Waals surface area contributed by atoms with Crippen LogP contribution in [0.1, 0.15) is 12.5 Å². The van der Waals surface area contributed by atoms with E-state index in [9.17, 15) is 39.0 Å². The van der Waals surface area contributed by atoms with E-state index in [1.807, 2.05) is 0 Å². The van der Waals surface area contributed by atoms with Crippen molar-refractivity contribution < 1.29 is 57.3 Å². The van der Waals surface area contributed by atoms with Gasteiger partial charge in [-0.1, -0.05) is 5.92 Å². The first-order chi connectivity index (χ1) is 22.3. The number of fused-ring (bicyclic) bond motifs is 2. The van der Waals surface area contributed by atoms with Gasteiger partial charge in [0.25, 0.3) is 5.56 Å². The Balaban J connectivity index is 1.28. The number of nitrogens with one attached hydrogen (secondary N) is 1. The number of imidazole rings is 2. The molecule has 0 aromatic carbocycles. The minimum Gasteiger partial charge on any atom is -0.394 e. The van der Waals surface area contributed by atoms with Gasteiger partial charge in [0.15, 0.2) is 40.7 Å². The number of anilines is 2. The highest BCUT2D eigenvalue weighted by atomic mass is 31.2. The summed E-state index contributed by atoms with van der Waals surface area (Å²) >= 11 is 0. The second-order valence-corrected chi connectivity index (χ2v) is 12.4. The molecule has 6 heterocycles. The summed E-state index contributed by atoms with van der Waals surface area (Å²) in [4.78, 5) is 54.7. The van der Waals surface area contributed by atoms with Gasteiger partial charge in [0, 0.05) is 0 Å². The van der Waals surface area contributed by atoms with E-state index in [1.165, 1.54) is 10.9 Å². The number of H-pyrrole nitrogens is 1. The maximum absolute atomic E-state index is 13.3. The summed E-state index contributed by atoms with van der Waals surface area (Å²) in [6.07, 6.45) is -2.44. The third kappa shape index (κ3) is 5.80. The molecule has 4 aromatic rings. The Hall–Kier alpha value is -3.88. The molecule has 0 aliphatic carbocycles. The van der Waals surface area contributed by atoms with Crippen molar-refractivity contribution in [1.82, 2.24) is 39.0 Å². The molecule has 6 unspecified atom stereocenters. The van der Waals surface area contributed by atoms with Crippen molar-refractivity contribution in [2.75, 3.05) is 24.7 Å². The van der Waals surface area contributed by atoms with Gasteiger partial charge in [-0.2, -0.15) is 4.98 Å². The Morgan fingerprint density at radius 3 is 2.51 bits per heavy atom. The maximum atomic E-state index is 13.3. The monoisotopic (exact) mass is 700 g/mol. The summed E-state index contributed by atoms with van der Waals surface area (Å²) < 4.78 is 54.3. The molecule has 2 aliphatic heterocycles. The number of nitrogen functional groups attached to an aromatic ring is 2. The average Bonchev–Trinajstić information content (AvgIpc) is 3.77. The van der Waals surface area contributed by atoms with Crippen LogP contribution in [0.4, 0.5) is 11.8 Å². The van der Waals surface area contributed by atoms with E-state index in [1.54, 1.807) is 0 Å². The molecule has 2 aliphatic rings. The molecule has 0 spiro atoms. The summed E-state index contributed by atoms with van der Waals surface area (Å²) in [5.74, 6) is 1.85. The highest BCUT2D eigenvalue weighted by molar-refractivity contribution is 7.47. The molecule has 4 aromatic heterocycles. The summed E-state index contributed by atoms with van der Waals surface area (Å²) in [7, 11) is -9.13. The number of rotatable bonds is 10. The van der Waals surface area contributed by atoms with Crippen molar-refractivity contribution in [1.29, 1.82) is 0 Å². The lowest BCUT2D eigenvalue weighted by molar-refractivity contribution is -0.0917. The summed E-state index contributed by atoms with van der Waals surface area (Å²) in [6, 6.07) is 0. The zero-order chi connectivity index (χ0) is 33.8. The van der Waals surface area contributed by atoms with Crippen LogP contribution in [0.5, 0.6) is 0 Å². The summed E-state index contributed by atoms with van der Waals surface area (Å²) in [5, 5.41) is 31.7. The van der Waals surface area contributed by atoms with Crippen molar-refractivity contribution in [2.45, 2.75) is 48.6 Å². The van der Waals surface area contributed by atoms with Crippen LogP contribution in [0.2, 0.25) is 0 Å². The first kappa shape index (κ1) is 33.0. The van der Waals surface area contributed by atoms with E-state index >= 15 is 0 Å². The van der Waals surface area contributed by atoms with E-state index in [0.29, 0.717) is 0 Å². The molecule has 0 amide bonds. The fraction of sp³-hybridized carbons (Fsp3) is 0.455. The molecular weight excluding hydrogens is 674 g/mol. The molecule has 2 fully saturated rings. The Morgan fingerprint density at radius 2 is 1.83 bits per heavy atom. The van der Waals surface area contributed by atoms with Crippen LogP contribution < -0.4 is 17.0 Å². The number of terminal acetylenes is 1.